The zero-order valence-electron chi connectivity index (χ0n) is 15.9. The molecule has 1 saturated heterocycles. The summed E-state index contributed by atoms with van der Waals surface area (Å²) in [6.07, 6.45) is 6.11. The number of hydrogen-bond donors (Lipinski definition) is 0. The van der Waals surface area contributed by atoms with E-state index >= 15 is 0 Å². The number of likely N-dealkylation sites (tertiary alicyclic amines) is 1. The lowest BCUT2D eigenvalue weighted by molar-refractivity contribution is -0.133. The molecule has 0 radical (unpaired) electrons. The Morgan fingerprint density at radius 2 is 2.19 bits per heavy atom. The molecule has 0 aliphatic carbocycles. The summed E-state index contributed by atoms with van der Waals surface area (Å²) >= 11 is 0. The van der Waals surface area contributed by atoms with Gasteiger partial charge in [0.05, 0.1) is 0 Å². The van der Waals surface area contributed by atoms with Crippen LogP contribution >= 0.6 is 0 Å². The van der Waals surface area contributed by atoms with E-state index in [4.69, 9.17) is 4.42 Å². The number of rotatable bonds is 6. The van der Waals surface area contributed by atoms with Gasteiger partial charge in [-0.1, -0.05) is 19.9 Å². The second-order valence-electron chi connectivity index (χ2n) is 7.55. The van der Waals surface area contributed by atoms with E-state index in [-0.39, 0.29) is 11.8 Å². The van der Waals surface area contributed by atoms with E-state index in [0.717, 1.165) is 31.6 Å². The van der Waals surface area contributed by atoms with E-state index in [9.17, 15) is 4.79 Å². The van der Waals surface area contributed by atoms with E-state index in [1.165, 1.54) is 12.0 Å². The van der Waals surface area contributed by atoms with E-state index in [1.807, 2.05) is 31.9 Å². The van der Waals surface area contributed by atoms with Gasteiger partial charge < -0.3 is 9.32 Å². The molecule has 0 saturated carbocycles. The van der Waals surface area contributed by atoms with Gasteiger partial charge in [-0.2, -0.15) is 0 Å². The van der Waals surface area contributed by atoms with E-state index in [0.29, 0.717) is 30.5 Å². The lowest BCUT2D eigenvalue weighted by atomic mass is 9.91. The number of amides is 1. The van der Waals surface area contributed by atoms with Crippen LogP contribution in [0.25, 0.3) is 0 Å². The maximum absolute atomic E-state index is 12.6. The first kappa shape index (κ1) is 18.5. The Balaban J connectivity index is 1.49. The smallest absolute Gasteiger partial charge is 0.223 e. The third kappa shape index (κ3) is 4.90. The number of hydrogen-bond acceptors (Lipinski definition) is 5. The van der Waals surface area contributed by atoms with Gasteiger partial charge in [0.25, 0.3) is 0 Å². The fourth-order valence-corrected chi connectivity index (χ4v) is 3.38. The van der Waals surface area contributed by atoms with Crippen molar-refractivity contribution in [3.05, 3.63) is 41.4 Å². The Morgan fingerprint density at radius 1 is 1.35 bits per heavy atom. The zero-order valence-corrected chi connectivity index (χ0v) is 15.9. The second-order valence-corrected chi connectivity index (χ2v) is 7.55. The lowest BCUT2D eigenvalue weighted by Gasteiger charge is -2.33. The Labute approximate surface area is 155 Å². The largest absolute Gasteiger partial charge is 0.425 e. The Morgan fingerprint density at radius 3 is 2.88 bits per heavy atom. The summed E-state index contributed by atoms with van der Waals surface area (Å²) in [5.74, 6) is 2.10. The van der Waals surface area contributed by atoms with E-state index < -0.39 is 0 Å². The van der Waals surface area contributed by atoms with Crippen LogP contribution in [0.15, 0.2) is 22.7 Å². The van der Waals surface area contributed by atoms with Crippen LogP contribution < -0.4 is 0 Å². The third-order valence-electron chi connectivity index (χ3n) is 4.90. The van der Waals surface area contributed by atoms with E-state index in [1.54, 1.807) is 0 Å². The van der Waals surface area contributed by atoms with Crippen molar-refractivity contribution in [3.63, 3.8) is 0 Å². The highest BCUT2D eigenvalue weighted by molar-refractivity contribution is 5.76. The van der Waals surface area contributed by atoms with Gasteiger partial charge in [-0.25, -0.2) is 0 Å². The predicted octanol–water partition coefficient (Wildman–Crippen LogP) is 3.31. The minimum atomic E-state index is 0.182. The minimum absolute atomic E-state index is 0.182. The van der Waals surface area contributed by atoms with Crippen LogP contribution in [-0.4, -0.2) is 39.1 Å². The van der Waals surface area contributed by atoms with Crippen molar-refractivity contribution >= 4 is 5.91 Å². The summed E-state index contributed by atoms with van der Waals surface area (Å²) in [5, 5.41) is 8.06. The molecule has 6 nitrogen and oxygen atoms in total. The van der Waals surface area contributed by atoms with Gasteiger partial charge in [-0.3, -0.25) is 9.78 Å². The molecule has 0 spiro atoms. The topological polar surface area (TPSA) is 72.1 Å². The SMILES string of the molecule is Cc1ccc(C[C@H]2CCCN(C(=O)CCc3nnc(C(C)C)o3)C2)cn1. The van der Waals surface area contributed by atoms with Crippen molar-refractivity contribution in [2.45, 2.75) is 58.8 Å². The molecule has 3 rings (SSSR count). The minimum Gasteiger partial charge on any atom is -0.425 e. The van der Waals surface area contributed by atoms with Crippen molar-refractivity contribution < 1.29 is 9.21 Å². The molecule has 6 heteroatoms. The highest BCUT2D eigenvalue weighted by atomic mass is 16.4. The summed E-state index contributed by atoms with van der Waals surface area (Å²) < 4.78 is 5.59. The Kier molecular flexibility index (Phi) is 6.01. The molecular formula is C20H28N4O2. The number of carbonyl (C=O) groups excluding carboxylic acids is 1. The predicted molar refractivity (Wildman–Crippen MR) is 98.7 cm³/mol. The number of nitrogens with zero attached hydrogens (tertiary/aromatic N) is 4. The summed E-state index contributed by atoms with van der Waals surface area (Å²) in [7, 11) is 0. The van der Waals surface area contributed by atoms with Gasteiger partial charge in [0.15, 0.2) is 0 Å². The monoisotopic (exact) mass is 356 g/mol. The molecule has 0 bridgehead atoms. The van der Waals surface area contributed by atoms with Crippen LogP contribution in [0.4, 0.5) is 0 Å². The first-order valence-electron chi connectivity index (χ1n) is 9.53. The van der Waals surface area contributed by atoms with Gasteiger partial charge in [0.1, 0.15) is 0 Å². The van der Waals surface area contributed by atoms with Crippen LogP contribution in [0.2, 0.25) is 0 Å². The molecule has 1 fully saturated rings. The first-order valence-corrected chi connectivity index (χ1v) is 9.53. The molecule has 26 heavy (non-hydrogen) atoms. The lowest BCUT2D eigenvalue weighted by Crippen LogP contribution is -2.40. The first-order chi connectivity index (χ1) is 12.5. The highest BCUT2D eigenvalue weighted by Gasteiger charge is 2.24. The fourth-order valence-electron chi connectivity index (χ4n) is 3.38. The van der Waals surface area contributed by atoms with E-state index in [2.05, 4.69) is 27.3 Å². The average molecular weight is 356 g/mol. The quantitative estimate of drug-likeness (QED) is 0.794. The van der Waals surface area contributed by atoms with Gasteiger partial charge in [-0.05, 0) is 43.7 Å². The number of aryl methyl sites for hydroxylation is 2. The highest BCUT2D eigenvalue weighted by Crippen LogP contribution is 2.22. The molecule has 1 amide bonds. The maximum atomic E-state index is 12.6. The Hall–Kier alpha value is -2.24. The molecule has 0 N–H and O–H groups in total. The molecule has 0 unspecified atom stereocenters. The third-order valence-corrected chi connectivity index (χ3v) is 4.90. The fraction of sp³-hybridized carbons (Fsp3) is 0.600. The average Bonchev–Trinajstić information content (AvgIpc) is 3.11. The standard InChI is InChI=1S/C20H28N4O2/c1-14(2)20-23-22-18(26-20)8-9-19(25)24-10-4-5-17(13-24)11-16-7-6-15(3)21-12-16/h6-7,12,14,17H,4-5,8-11,13H2,1-3H3/t17-/m1/s1. The molecule has 140 valence electrons. The van der Waals surface area contributed by atoms with Crippen molar-refractivity contribution in [1.29, 1.82) is 0 Å². The molecule has 1 aliphatic heterocycles. The second kappa shape index (κ2) is 8.43. The molecule has 0 aromatic carbocycles. The van der Waals surface area contributed by atoms with Crippen LogP contribution in [-0.2, 0) is 17.6 Å². The molecule has 1 atom stereocenters. The van der Waals surface area contributed by atoms with Gasteiger partial charge in [-0.15, -0.1) is 10.2 Å². The zero-order chi connectivity index (χ0) is 18.5. The van der Waals surface area contributed by atoms with Crippen LogP contribution in [0.1, 0.15) is 62.1 Å². The molecule has 2 aromatic rings. The Bertz CT molecular complexity index is 724. The van der Waals surface area contributed by atoms with Crippen LogP contribution in [0, 0.1) is 12.8 Å². The van der Waals surface area contributed by atoms with Crippen molar-refractivity contribution in [1.82, 2.24) is 20.1 Å². The van der Waals surface area contributed by atoms with Gasteiger partial charge in [0.2, 0.25) is 17.7 Å². The maximum Gasteiger partial charge on any atom is 0.223 e. The van der Waals surface area contributed by atoms with Crippen LogP contribution in [0.3, 0.4) is 0 Å². The van der Waals surface area contributed by atoms with Crippen molar-refractivity contribution in [2.75, 3.05) is 13.1 Å². The van der Waals surface area contributed by atoms with Gasteiger partial charge >= 0.3 is 0 Å². The number of pyridine rings is 1. The normalized spacial score (nSPS) is 17.7. The van der Waals surface area contributed by atoms with Crippen molar-refractivity contribution in [3.8, 4) is 0 Å². The van der Waals surface area contributed by atoms with Gasteiger partial charge in [0, 0.05) is 43.7 Å². The number of carbonyl (C=O) groups is 1. The molecule has 2 aromatic heterocycles. The number of aromatic nitrogens is 3. The summed E-state index contributed by atoms with van der Waals surface area (Å²) in [6, 6.07) is 4.20. The summed E-state index contributed by atoms with van der Waals surface area (Å²) in [6.45, 7) is 7.70. The van der Waals surface area contributed by atoms with Crippen LogP contribution in [0.5, 0.6) is 0 Å². The molecule has 3 heterocycles. The summed E-state index contributed by atoms with van der Waals surface area (Å²) in [4.78, 5) is 18.9. The summed E-state index contributed by atoms with van der Waals surface area (Å²) in [5.41, 5.74) is 2.29. The molecular weight excluding hydrogens is 328 g/mol. The van der Waals surface area contributed by atoms with Crippen molar-refractivity contribution in [2.24, 2.45) is 5.92 Å². The molecule has 1 aliphatic rings. The number of piperidine rings is 1.